The Morgan fingerprint density at radius 2 is 1.78 bits per heavy atom. The summed E-state index contributed by atoms with van der Waals surface area (Å²) in [7, 11) is 0. The fraction of sp³-hybridized carbons (Fsp3) is 0.200. The van der Waals surface area contributed by atoms with Crippen LogP contribution in [0.15, 0.2) is 69.9 Å². The van der Waals surface area contributed by atoms with Crippen LogP contribution in [-0.2, 0) is 4.74 Å². The van der Waals surface area contributed by atoms with Crippen LogP contribution in [0, 0.1) is 0 Å². The Labute approximate surface area is 174 Å². The number of amides is 1. The maximum Gasteiger partial charge on any atom is 0.254 e. The number of carbonyl (C=O) groups excluding carboxylic acids is 1. The zero-order valence-electron chi connectivity index (χ0n) is 14.4. The first-order chi connectivity index (χ1) is 13.1. The van der Waals surface area contributed by atoms with Crippen LogP contribution >= 0.6 is 31.9 Å². The average molecular weight is 491 g/mol. The first-order valence-electron chi connectivity index (χ1n) is 8.57. The van der Waals surface area contributed by atoms with Crippen LogP contribution in [0.5, 0.6) is 0 Å². The zero-order chi connectivity index (χ0) is 18.8. The molecule has 0 saturated carbocycles. The Bertz CT molecular complexity index is 939. The highest BCUT2D eigenvalue weighted by molar-refractivity contribution is 9.10. The summed E-state index contributed by atoms with van der Waals surface area (Å²) in [6.45, 7) is 1.68. The van der Waals surface area contributed by atoms with E-state index in [9.17, 15) is 4.79 Å². The van der Waals surface area contributed by atoms with Crippen LogP contribution in [0.3, 0.4) is 0 Å². The summed E-state index contributed by atoms with van der Waals surface area (Å²) in [5.74, 6) is 0.0219. The predicted molar refractivity (Wildman–Crippen MR) is 110 cm³/mol. The second kappa shape index (κ2) is 7.96. The van der Waals surface area contributed by atoms with Gasteiger partial charge >= 0.3 is 0 Å². The van der Waals surface area contributed by atoms with Crippen molar-refractivity contribution in [2.75, 3.05) is 19.7 Å². The van der Waals surface area contributed by atoms with Crippen molar-refractivity contribution in [1.82, 2.24) is 14.7 Å². The summed E-state index contributed by atoms with van der Waals surface area (Å²) in [6, 6.07) is 15.5. The van der Waals surface area contributed by atoms with E-state index in [4.69, 9.17) is 4.74 Å². The molecule has 5 nitrogen and oxygen atoms in total. The third kappa shape index (κ3) is 4.15. The topological polar surface area (TPSA) is 47.4 Å². The number of benzene rings is 2. The summed E-state index contributed by atoms with van der Waals surface area (Å²) < 4.78 is 9.57. The highest BCUT2D eigenvalue weighted by Crippen LogP contribution is 2.25. The van der Waals surface area contributed by atoms with Crippen molar-refractivity contribution < 1.29 is 9.53 Å². The molecule has 7 heteroatoms. The van der Waals surface area contributed by atoms with Gasteiger partial charge in [-0.25, -0.2) is 4.68 Å². The molecule has 0 aliphatic carbocycles. The maximum atomic E-state index is 12.9. The van der Waals surface area contributed by atoms with Gasteiger partial charge in [0.15, 0.2) is 0 Å². The minimum Gasteiger partial charge on any atom is -0.370 e. The Balaban J connectivity index is 1.47. The molecule has 3 aromatic rings. The lowest BCUT2D eigenvalue weighted by Crippen LogP contribution is -2.42. The first-order valence-corrected chi connectivity index (χ1v) is 10.2. The fourth-order valence-corrected chi connectivity index (χ4v) is 3.64. The molecule has 1 saturated heterocycles. The van der Waals surface area contributed by atoms with Crippen LogP contribution in [0.4, 0.5) is 0 Å². The summed E-state index contributed by atoms with van der Waals surface area (Å²) in [6.07, 6.45) is 3.51. The highest BCUT2D eigenvalue weighted by Gasteiger charge is 2.26. The van der Waals surface area contributed by atoms with Crippen molar-refractivity contribution in [2.24, 2.45) is 0 Å². The number of hydrogen-bond acceptors (Lipinski definition) is 3. The van der Waals surface area contributed by atoms with Crippen molar-refractivity contribution in [1.29, 1.82) is 0 Å². The molecule has 2 heterocycles. The number of morpholine rings is 1. The van der Waals surface area contributed by atoms with Gasteiger partial charge in [-0.2, -0.15) is 5.10 Å². The van der Waals surface area contributed by atoms with E-state index in [2.05, 4.69) is 37.0 Å². The molecule has 0 N–H and O–H groups in total. The monoisotopic (exact) mass is 489 g/mol. The van der Waals surface area contributed by atoms with E-state index in [1.165, 1.54) is 0 Å². The van der Waals surface area contributed by atoms with Gasteiger partial charge in [0.1, 0.15) is 6.10 Å². The molecule has 1 amide bonds. The molecule has 1 fully saturated rings. The summed E-state index contributed by atoms with van der Waals surface area (Å²) >= 11 is 6.83. The minimum absolute atomic E-state index is 0.0219. The van der Waals surface area contributed by atoms with Gasteiger partial charge in [-0.3, -0.25) is 4.79 Å². The zero-order valence-corrected chi connectivity index (χ0v) is 17.6. The van der Waals surface area contributed by atoms with Crippen LogP contribution < -0.4 is 0 Å². The molecule has 1 aliphatic rings. The molecular weight excluding hydrogens is 474 g/mol. The molecule has 1 unspecified atom stereocenters. The maximum absolute atomic E-state index is 12.9. The molecule has 1 aromatic heterocycles. The van der Waals surface area contributed by atoms with Crippen LogP contribution in [0.1, 0.15) is 22.0 Å². The lowest BCUT2D eigenvalue weighted by atomic mass is 10.1. The van der Waals surface area contributed by atoms with E-state index in [0.29, 0.717) is 25.3 Å². The number of carbonyl (C=O) groups is 1. The van der Waals surface area contributed by atoms with Crippen LogP contribution in [0.25, 0.3) is 5.69 Å². The predicted octanol–water partition coefficient (Wildman–Crippen LogP) is 4.61. The van der Waals surface area contributed by atoms with E-state index < -0.39 is 0 Å². The molecule has 0 bridgehead atoms. The molecule has 27 heavy (non-hydrogen) atoms. The molecule has 4 rings (SSSR count). The quantitative estimate of drug-likeness (QED) is 0.538. The number of rotatable bonds is 3. The van der Waals surface area contributed by atoms with E-state index in [1.807, 2.05) is 59.6 Å². The van der Waals surface area contributed by atoms with Gasteiger partial charge < -0.3 is 9.64 Å². The van der Waals surface area contributed by atoms with E-state index in [1.54, 1.807) is 10.9 Å². The summed E-state index contributed by atoms with van der Waals surface area (Å²) in [4.78, 5) is 14.8. The highest BCUT2D eigenvalue weighted by atomic mass is 79.9. The van der Waals surface area contributed by atoms with Crippen molar-refractivity contribution in [3.8, 4) is 5.69 Å². The Hall–Kier alpha value is -1.96. The third-order valence-corrected chi connectivity index (χ3v) is 5.46. The normalized spacial score (nSPS) is 17.1. The Morgan fingerprint density at radius 3 is 2.44 bits per heavy atom. The molecule has 1 aliphatic heterocycles. The first kappa shape index (κ1) is 18.4. The van der Waals surface area contributed by atoms with Crippen LogP contribution in [0.2, 0.25) is 0 Å². The largest absolute Gasteiger partial charge is 0.370 e. The van der Waals surface area contributed by atoms with Gasteiger partial charge in [0.05, 0.1) is 29.5 Å². The smallest absolute Gasteiger partial charge is 0.254 e. The molecular formula is C20H17Br2N3O2. The average Bonchev–Trinajstić information content (AvgIpc) is 3.14. The summed E-state index contributed by atoms with van der Waals surface area (Å²) in [5, 5.41) is 4.25. The van der Waals surface area contributed by atoms with Gasteiger partial charge in [0.25, 0.3) is 5.91 Å². The Morgan fingerprint density at radius 1 is 1.04 bits per heavy atom. The fourth-order valence-electron chi connectivity index (χ4n) is 3.09. The SMILES string of the molecule is O=C(c1ccc(-n2cc(Br)cn2)cc1)N1CCOC(c2ccc(Br)cc2)C1. The standard InChI is InChI=1S/C20H17Br2N3O2/c21-16-5-1-14(2-6-16)19-13-24(9-10-27-19)20(26)15-3-7-18(8-4-15)25-12-17(22)11-23-25/h1-8,11-12,19H,9-10,13H2. The lowest BCUT2D eigenvalue weighted by Gasteiger charge is -2.33. The second-order valence-electron chi connectivity index (χ2n) is 6.31. The lowest BCUT2D eigenvalue weighted by molar-refractivity contribution is -0.0228. The molecule has 1 atom stereocenters. The van der Waals surface area contributed by atoms with E-state index in [-0.39, 0.29) is 12.0 Å². The molecule has 2 aromatic carbocycles. The number of nitrogens with zero attached hydrogens (tertiary/aromatic N) is 3. The number of halogens is 2. The van der Waals surface area contributed by atoms with Crippen molar-refractivity contribution in [2.45, 2.75) is 6.10 Å². The van der Waals surface area contributed by atoms with Crippen molar-refractivity contribution >= 4 is 37.8 Å². The van der Waals surface area contributed by atoms with Gasteiger partial charge in [-0.15, -0.1) is 0 Å². The number of hydrogen-bond donors (Lipinski definition) is 0. The van der Waals surface area contributed by atoms with E-state index >= 15 is 0 Å². The van der Waals surface area contributed by atoms with Crippen molar-refractivity contribution in [3.05, 3.63) is 81.0 Å². The van der Waals surface area contributed by atoms with Crippen molar-refractivity contribution in [3.63, 3.8) is 0 Å². The summed E-state index contributed by atoms with van der Waals surface area (Å²) in [5.41, 5.74) is 2.66. The Kier molecular flexibility index (Phi) is 5.43. The van der Waals surface area contributed by atoms with Gasteiger partial charge in [-0.1, -0.05) is 28.1 Å². The molecule has 0 spiro atoms. The number of ether oxygens (including phenoxy) is 1. The second-order valence-corrected chi connectivity index (χ2v) is 8.14. The van der Waals surface area contributed by atoms with E-state index in [0.717, 1.165) is 20.2 Å². The molecule has 138 valence electrons. The number of aromatic nitrogens is 2. The molecule has 0 radical (unpaired) electrons. The minimum atomic E-state index is -0.100. The third-order valence-electron chi connectivity index (χ3n) is 4.53. The van der Waals surface area contributed by atoms with Gasteiger partial charge in [0, 0.05) is 22.8 Å². The van der Waals surface area contributed by atoms with Crippen LogP contribution in [-0.4, -0.2) is 40.3 Å². The van der Waals surface area contributed by atoms with Gasteiger partial charge in [-0.05, 0) is 57.9 Å². The van der Waals surface area contributed by atoms with Gasteiger partial charge in [0.2, 0.25) is 0 Å².